The van der Waals surface area contributed by atoms with Crippen LogP contribution >= 0.6 is 0 Å². The minimum Gasteiger partial charge on any atom is -0.383 e. The van der Waals surface area contributed by atoms with Gasteiger partial charge in [0.05, 0.1) is 6.61 Å². The minimum atomic E-state index is 0.753. The molecule has 0 spiro atoms. The van der Waals surface area contributed by atoms with Crippen LogP contribution in [-0.2, 0) is 4.74 Å². The zero-order chi connectivity index (χ0) is 10.9. The van der Waals surface area contributed by atoms with Crippen LogP contribution in [0.1, 0.15) is 5.69 Å². The van der Waals surface area contributed by atoms with E-state index in [1.54, 1.807) is 7.11 Å². The van der Waals surface area contributed by atoms with Gasteiger partial charge in [-0.15, -0.1) is 0 Å². The van der Waals surface area contributed by atoms with Gasteiger partial charge in [0.15, 0.2) is 0 Å². The van der Waals surface area contributed by atoms with Crippen LogP contribution < -0.4 is 10.6 Å². The van der Waals surface area contributed by atoms with E-state index in [0.717, 1.165) is 37.8 Å². The van der Waals surface area contributed by atoms with Crippen molar-refractivity contribution in [3.63, 3.8) is 0 Å². The highest BCUT2D eigenvalue weighted by molar-refractivity contribution is 5.34. The Morgan fingerprint density at radius 2 is 2.13 bits per heavy atom. The van der Waals surface area contributed by atoms with Crippen LogP contribution in [0.3, 0.4) is 0 Å². The lowest BCUT2D eigenvalue weighted by molar-refractivity contribution is 0.200. The number of methoxy groups -OCH3 is 1. The lowest BCUT2D eigenvalue weighted by Crippen LogP contribution is -2.25. The first kappa shape index (κ1) is 11.9. The molecule has 0 bridgehead atoms. The van der Waals surface area contributed by atoms with Gasteiger partial charge >= 0.3 is 0 Å². The molecule has 0 saturated carbocycles. The molecule has 0 unspecified atom stereocenters. The minimum absolute atomic E-state index is 0.753. The lowest BCUT2D eigenvalue weighted by Gasteiger charge is -2.07. The predicted octanol–water partition coefficient (Wildman–Crippen LogP) is 1.04. The van der Waals surface area contributed by atoms with Crippen molar-refractivity contribution in [2.45, 2.75) is 6.92 Å². The van der Waals surface area contributed by atoms with Crippen molar-refractivity contribution in [3.05, 3.63) is 23.9 Å². The van der Waals surface area contributed by atoms with Crippen LogP contribution in [0, 0.1) is 6.92 Å². The van der Waals surface area contributed by atoms with Crippen LogP contribution in [-0.4, -0.2) is 38.3 Å². The van der Waals surface area contributed by atoms with E-state index in [-0.39, 0.29) is 0 Å². The van der Waals surface area contributed by atoms with Gasteiger partial charge in [-0.3, -0.25) is 0 Å². The van der Waals surface area contributed by atoms with Crippen molar-refractivity contribution >= 4 is 5.82 Å². The number of rotatable bonds is 7. The SMILES string of the molecule is COCCNCCNc1cccc(C)n1. The summed E-state index contributed by atoms with van der Waals surface area (Å²) in [6, 6.07) is 5.97. The number of pyridine rings is 1. The maximum atomic E-state index is 4.93. The number of nitrogens with zero attached hydrogens (tertiary/aromatic N) is 1. The summed E-state index contributed by atoms with van der Waals surface area (Å²) in [7, 11) is 1.70. The fourth-order valence-electron chi connectivity index (χ4n) is 1.22. The van der Waals surface area contributed by atoms with Gasteiger partial charge in [-0.05, 0) is 19.1 Å². The van der Waals surface area contributed by atoms with Crippen molar-refractivity contribution < 1.29 is 4.74 Å². The summed E-state index contributed by atoms with van der Waals surface area (Å²) >= 11 is 0. The second kappa shape index (κ2) is 7.20. The van der Waals surface area contributed by atoms with Crippen LogP contribution in [0.25, 0.3) is 0 Å². The van der Waals surface area contributed by atoms with Crippen molar-refractivity contribution in [1.82, 2.24) is 10.3 Å². The average molecular weight is 209 g/mol. The van der Waals surface area contributed by atoms with E-state index >= 15 is 0 Å². The molecular formula is C11H19N3O. The Bertz CT molecular complexity index is 278. The largest absolute Gasteiger partial charge is 0.383 e. The molecule has 2 N–H and O–H groups in total. The van der Waals surface area contributed by atoms with E-state index in [0.29, 0.717) is 0 Å². The second-order valence-corrected chi connectivity index (χ2v) is 3.33. The highest BCUT2D eigenvalue weighted by Gasteiger charge is 1.92. The average Bonchev–Trinajstić information content (AvgIpc) is 2.23. The Labute approximate surface area is 91.1 Å². The van der Waals surface area contributed by atoms with Gasteiger partial charge in [-0.1, -0.05) is 6.07 Å². The molecule has 0 fully saturated rings. The molecule has 84 valence electrons. The zero-order valence-corrected chi connectivity index (χ0v) is 9.42. The third-order valence-corrected chi connectivity index (χ3v) is 1.98. The molecule has 1 aromatic heterocycles. The topological polar surface area (TPSA) is 46.2 Å². The molecule has 0 aromatic carbocycles. The number of aryl methyl sites for hydroxylation is 1. The van der Waals surface area contributed by atoms with E-state index in [2.05, 4.69) is 15.6 Å². The smallest absolute Gasteiger partial charge is 0.126 e. The van der Waals surface area contributed by atoms with Gasteiger partial charge in [0, 0.05) is 32.4 Å². The first-order valence-electron chi connectivity index (χ1n) is 5.20. The summed E-state index contributed by atoms with van der Waals surface area (Å²) in [4.78, 5) is 4.34. The van der Waals surface area contributed by atoms with E-state index in [4.69, 9.17) is 4.74 Å². The summed E-state index contributed by atoms with van der Waals surface area (Å²) in [5.41, 5.74) is 1.03. The first-order chi connectivity index (χ1) is 7.33. The molecule has 0 aliphatic rings. The van der Waals surface area contributed by atoms with Crippen LogP contribution in [0.4, 0.5) is 5.82 Å². The normalized spacial score (nSPS) is 10.3. The molecule has 0 radical (unpaired) electrons. The second-order valence-electron chi connectivity index (χ2n) is 3.33. The molecule has 15 heavy (non-hydrogen) atoms. The maximum absolute atomic E-state index is 4.93. The Morgan fingerprint density at radius 3 is 2.87 bits per heavy atom. The first-order valence-corrected chi connectivity index (χ1v) is 5.20. The summed E-state index contributed by atoms with van der Waals surface area (Å²) < 4.78 is 4.93. The third kappa shape index (κ3) is 5.34. The Balaban J connectivity index is 2.10. The molecule has 1 rings (SSSR count). The van der Waals surface area contributed by atoms with Crippen LogP contribution in [0.2, 0.25) is 0 Å². The van der Waals surface area contributed by atoms with Crippen molar-refractivity contribution in [1.29, 1.82) is 0 Å². The molecular weight excluding hydrogens is 190 g/mol. The van der Waals surface area contributed by atoms with E-state index < -0.39 is 0 Å². The molecule has 0 saturated heterocycles. The monoisotopic (exact) mass is 209 g/mol. The highest BCUT2D eigenvalue weighted by atomic mass is 16.5. The van der Waals surface area contributed by atoms with Gasteiger partial charge < -0.3 is 15.4 Å². The van der Waals surface area contributed by atoms with Gasteiger partial charge in [0.1, 0.15) is 5.82 Å². The lowest BCUT2D eigenvalue weighted by atomic mass is 10.4. The molecule has 0 atom stereocenters. The number of hydrogen-bond acceptors (Lipinski definition) is 4. The predicted molar refractivity (Wildman–Crippen MR) is 62.2 cm³/mol. The maximum Gasteiger partial charge on any atom is 0.126 e. The van der Waals surface area contributed by atoms with Gasteiger partial charge in [-0.2, -0.15) is 0 Å². The number of aromatic nitrogens is 1. The van der Waals surface area contributed by atoms with Gasteiger partial charge in [0.2, 0.25) is 0 Å². The fourth-order valence-corrected chi connectivity index (χ4v) is 1.22. The van der Waals surface area contributed by atoms with Crippen molar-refractivity contribution in [2.75, 3.05) is 38.7 Å². The molecule has 0 amide bonds. The van der Waals surface area contributed by atoms with Crippen molar-refractivity contribution in [2.24, 2.45) is 0 Å². The fraction of sp³-hybridized carbons (Fsp3) is 0.545. The Hall–Kier alpha value is -1.13. The molecule has 4 heteroatoms. The molecule has 1 heterocycles. The molecule has 0 aliphatic heterocycles. The van der Waals surface area contributed by atoms with Gasteiger partial charge in [0.25, 0.3) is 0 Å². The zero-order valence-electron chi connectivity index (χ0n) is 9.42. The number of nitrogens with one attached hydrogen (secondary N) is 2. The highest BCUT2D eigenvalue weighted by Crippen LogP contribution is 2.02. The van der Waals surface area contributed by atoms with E-state index in [1.165, 1.54) is 0 Å². The Kier molecular flexibility index (Phi) is 5.73. The standard InChI is InChI=1S/C11H19N3O/c1-10-4-3-5-11(14-10)13-7-6-12-8-9-15-2/h3-5,12H,6-9H2,1-2H3,(H,13,14). The van der Waals surface area contributed by atoms with Crippen molar-refractivity contribution in [3.8, 4) is 0 Å². The molecule has 1 aromatic rings. The molecule has 0 aliphatic carbocycles. The number of ether oxygens (including phenoxy) is 1. The molecule has 4 nitrogen and oxygen atoms in total. The Morgan fingerprint density at radius 1 is 1.27 bits per heavy atom. The summed E-state index contributed by atoms with van der Waals surface area (Å²) in [6.07, 6.45) is 0. The number of anilines is 1. The van der Waals surface area contributed by atoms with Gasteiger partial charge in [-0.25, -0.2) is 4.98 Å². The van der Waals surface area contributed by atoms with E-state index in [1.807, 2.05) is 25.1 Å². The van der Waals surface area contributed by atoms with Crippen LogP contribution in [0.5, 0.6) is 0 Å². The number of hydrogen-bond donors (Lipinski definition) is 2. The summed E-state index contributed by atoms with van der Waals surface area (Å²) in [5, 5.41) is 6.50. The van der Waals surface area contributed by atoms with E-state index in [9.17, 15) is 0 Å². The van der Waals surface area contributed by atoms with Crippen LogP contribution in [0.15, 0.2) is 18.2 Å². The summed E-state index contributed by atoms with van der Waals surface area (Å²) in [5.74, 6) is 0.934. The summed E-state index contributed by atoms with van der Waals surface area (Å²) in [6.45, 7) is 5.42. The third-order valence-electron chi connectivity index (χ3n) is 1.98. The quantitative estimate of drug-likeness (QED) is 0.659.